The van der Waals surface area contributed by atoms with Crippen LogP contribution in [0.25, 0.3) is 0 Å². The van der Waals surface area contributed by atoms with Gasteiger partial charge < -0.3 is 34.9 Å². The lowest BCUT2D eigenvalue weighted by atomic mass is 10.4. The summed E-state index contributed by atoms with van der Waals surface area (Å²) in [6.45, 7) is 22.7. The monoisotopic (exact) mass is 535 g/mol. The Balaban J connectivity index is -0.0000000332. The molecule has 0 saturated heterocycles. The quantitative estimate of drug-likeness (QED) is 0.380. The van der Waals surface area contributed by atoms with Gasteiger partial charge in [0.2, 0.25) is 0 Å². The molecule has 0 unspecified atom stereocenters. The number of carboxylic acid groups (broad SMARTS) is 1. The number of methoxy groups -OCH3 is 2. The van der Waals surface area contributed by atoms with E-state index >= 15 is 0 Å². The Morgan fingerprint density at radius 1 is 0.556 bits per heavy atom. The van der Waals surface area contributed by atoms with Crippen LogP contribution < -0.4 is 5.73 Å². The van der Waals surface area contributed by atoms with Crippen molar-refractivity contribution in [2.75, 3.05) is 54.8 Å². The Kier molecular flexibility index (Phi) is 154. The van der Waals surface area contributed by atoms with Gasteiger partial charge in [-0.25, -0.2) is 0 Å². The third-order valence-electron chi connectivity index (χ3n) is 2.27. The average Bonchev–Trinajstić information content (AvgIpc) is 2.87. The number of carbonyl (C=O) groups is 3. The van der Waals surface area contributed by atoms with Crippen LogP contribution in [-0.4, -0.2) is 82.9 Å². The number of hydrogen-bond acceptors (Lipinski definition) is 9. The number of aliphatic carboxylic acids is 1. The minimum Gasteiger partial charge on any atom is -0.481 e. The van der Waals surface area contributed by atoms with Crippen LogP contribution in [0.1, 0.15) is 102 Å². The van der Waals surface area contributed by atoms with Gasteiger partial charge in [0.25, 0.3) is 5.97 Å². The standard InChI is InChI=1S/2C4H8O2.2C4H10.2C3H8O.C2H4O2.CH5N.CH4O/c2*1-3-6-4(2)5;4*1-3-4-2;1-2(3)4;2*1-2/h2*3H2,1-2H3;2*3-4H2,1-2H3;2*3H2,1-2H3;1H3,(H,3,4);2H2,1H3;2H,1H3. The van der Waals surface area contributed by atoms with E-state index in [4.69, 9.17) is 15.0 Å². The molecule has 4 N–H and O–H groups in total. The Bertz CT molecular complexity index is 274. The number of carbonyl (C=O) groups excluding carboxylic acids is 2. The third-order valence-corrected chi connectivity index (χ3v) is 2.27. The van der Waals surface area contributed by atoms with Gasteiger partial charge in [-0.15, -0.1) is 0 Å². The topological polar surface area (TPSA) is 155 Å². The van der Waals surface area contributed by atoms with Crippen molar-refractivity contribution in [3.05, 3.63) is 0 Å². The summed E-state index contributed by atoms with van der Waals surface area (Å²) in [4.78, 5) is 28.6. The average molecular weight is 536 g/mol. The van der Waals surface area contributed by atoms with Crippen LogP contribution in [0.3, 0.4) is 0 Å². The van der Waals surface area contributed by atoms with E-state index in [9.17, 15) is 9.59 Å². The fraction of sp³-hybridized carbons (Fsp3) is 0.885. The lowest BCUT2D eigenvalue weighted by molar-refractivity contribution is -0.141. The van der Waals surface area contributed by atoms with E-state index in [1.165, 1.54) is 46.6 Å². The summed E-state index contributed by atoms with van der Waals surface area (Å²) in [6.07, 6.45) is 5.28. The molecule has 0 atom stereocenters. The van der Waals surface area contributed by atoms with Crippen LogP contribution in [-0.2, 0) is 33.3 Å². The molecule has 0 heterocycles. The molecule has 0 radical (unpaired) electrons. The highest BCUT2D eigenvalue weighted by Gasteiger charge is 1.82. The zero-order valence-corrected chi connectivity index (χ0v) is 26.5. The molecule has 228 valence electrons. The molecule has 10 heteroatoms. The van der Waals surface area contributed by atoms with E-state index < -0.39 is 5.97 Å². The van der Waals surface area contributed by atoms with Crippen molar-refractivity contribution in [1.29, 1.82) is 0 Å². The third kappa shape index (κ3) is 463. The molecule has 0 fully saturated rings. The van der Waals surface area contributed by atoms with Crippen molar-refractivity contribution in [2.24, 2.45) is 5.73 Å². The van der Waals surface area contributed by atoms with Crippen molar-refractivity contribution in [2.45, 2.75) is 102 Å². The number of hydrogen-bond donors (Lipinski definition) is 3. The highest BCUT2D eigenvalue weighted by Crippen LogP contribution is 1.77. The predicted octanol–water partition coefficient (Wildman–Crippen LogP) is 5.33. The first-order valence-corrected chi connectivity index (χ1v) is 12.4. The van der Waals surface area contributed by atoms with Gasteiger partial charge >= 0.3 is 11.9 Å². The summed E-state index contributed by atoms with van der Waals surface area (Å²) in [6, 6.07) is 0. The number of unbranched alkanes of at least 4 members (excludes halogenated alkanes) is 2. The normalized spacial score (nSPS) is 6.92. The first kappa shape index (κ1) is 59.4. The number of esters is 2. The van der Waals surface area contributed by atoms with Gasteiger partial charge in [0, 0.05) is 55.3 Å². The lowest BCUT2D eigenvalue weighted by Crippen LogP contribution is -1.95. The number of carboxylic acids is 1. The lowest BCUT2D eigenvalue weighted by Gasteiger charge is -1.89. The van der Waals surface area contributed by atoms with Crippen molar-refractivity contribution in [3.63, 3.8) is 0 Å². The molecular formula is C26H65NO9. The zero-order chi connectivity index (χ0) is 31.2. The van der Waals surface area contributed by atoms with Gasteiger partial charge in [-0.1, -0.05) is 53.4 Å². The molecule has 0 aliphatic heterocycles. The highest BCUT2D eigenvalue weighted by molar-refractivity contribution is 5.66. The van der Waals surface area contributed by atoms with E-state index in [1.807, 2.05) is 13.8 Å². The van der Waals surface area contributed by atoms with E-state index in [-0.39, 0.29) is 11.9 Å². The van der Waals surface area contributed by atoms with E-state index in [0.29, 0.717) is 13.2 Å². The molecule has 0 amide bonds. The first-order chi connectivity index (χ1) is 16.9. The number of ether oxygens (including phenoxy) is 4. The number of nitrogens with two attached hydrogens (primary N) is 1. The van der Waals surface area contributed by atoms with Crippen LogP contribution >= 0.6 is 0 Å². The summed E-state index contributed by atoms with van der Waals surface area (Å²) in [5, 5.41) is 14.4. The Labute approximate surface area is 224 Å². The van der Waals surface area contributed by atoms with E-state index in [0.717, 1.165) is 27.2 Å². The number of rotatable bonds is 6. The second kappa shape index (κ2) is 93.3. The van der Waals surface area contributed by atoms with Gasteiger partial charge in [-0.3, -0.25) is 14.4 Å². The minimum atomic E-state index is -0.833. The van der Waals surface area contributed by atoms with Gasteiger partial charge in [0.1, 0.15) is 0 Å². The fourth-order valence-corrected chi connectivity index (χ4v) is 0.407. The molecule has 0 aromatic carbocycles. The maximum Gasteiger partial charge on any atom is 0.302 e. The molecule has 0 aliphatic rings. The molecular weight excluding hydrogens is 470 g/mol. The van der Waals surface area contributed by atoms with Crippen LogP contribution in [0.2, 0.25) is 0 Å². The zero-order valence-electron chi connectivity index (χ0n) is 26.5. The minimum absolute atomic E-state index is 0.211. The molecule has 0 bridgehead atoms. The molecule has 36 heavy (non-hydrogen) atoms. The Morgan fingerprint density at radius 2 is 0.694 bits per heavy atom. The maximum absolute atomic E-state index is 9.82. The van der Waals surface area contributed by atoms with Crippen molar-refractivity contribution in [1.82, 2.24) is 0 Å². The smallest absolute Gasteiger partial charge is 0.302 e. The first-order valence-electron chi connectivity index (χ1n) is 12.4. The maximum atomic E-state index is 9.82. The largest absolute Gasteiger partial charge is 0.481 e. The van der Waals surface area contributed by atoms with Gasteiger partial charge in [-0.2, -0.15) is 0 Å². The van der Waals surface area contributed by atoms with Gasteiger partial charge in [-0.05, 0) is 34.7 Å². The number of aliphatic hydroxyl groups is 1. The number of aliphatic hydroxyl groups excluding tert-OH is 1. The molecule has 10 nitrogen and oxygen atoms in total. The fourth-order valence-electron chi connectivity index (χ4n) is 0.407. The summed E-state index contributed by atoms with van der Waals surface area (Å²) in [5.41, 5.74) is 4.50. The second-order valence-electron chi connectivity index (χ2n) is 5.52. The molecule has 0 aliphatic carbocycles. The SMILES string of the molecule is CC(=O)O.CCCC.CCCC.CCOC.CCOC.CCOC(C)=O.CCOC(C)=O.CN.CO. The predicted molar refractivity (Wildman–Crippen MR) is 152 cm³/mol. The van der Waals surface area contributed by atoms with Crippen LogP contribution in [0, 0.1) is 0 Å². The summed E-state index contributed by atoms with van der Waals surface area (Å²) in [7, 11) is 5.86. The second-order valence-corrected chi connectivity index (χ2v) is 5.52. The molecule has 0 aromatic heterocycles. The van der Waals surface area contributed by atoms with Crippen LogP contribution in [0.15, 0.2) is 0 Å². The summed E-state index contributed by atoms with van der Waals surface area (Å²) < 4.78 is 17.9. The molecule has 0 saturated carbocycles. The molecule has 0 rings (SSSR count). The van der Waals surface area contributed by atoms with Gasteiger partial charge in [0.05, 0.1) is 13.2 Å². The molecule has 0 aromatic rings. The van der Waals surface area contributed by atoms with Crippen LogP contribution in [0.4, 0.5) is 0 Å². The van der Waals surface area contributed by atoms with Gasteiger partial charge in [0.15, 0.2) is 0 Å². The summed E-state index contributed by atoms with van der Waals surface area (Å²) >= 11 is 0. The van der Waals surface area contributed by atoms with Crippen molar-refractivity contribution >= 4 is 17.9 Å². The Hall–Kier alpha value is -1.75. The summed E-state index contributed by atoms with van der Waals surface area (Å²) in [5.74, 6) is -1.25. The molecule has 0 spiro atoms. The van der Waals surface area contributed by atoms with E-state index in [1.54, 1.807) is 28.1 Å². The Morgan fingerprint density at radius 3 is 0.694 bits per heavy atom. The van der Waals surface area contributed by atoms with E-state index in [2.05, 4.69) is 52.4 Å². The van der Waals surface area contributed by atoms with Crippen molar-refractivity contribution < 1.29 is 43.5 Å². The van der Waals surface area contributed by atoms with Crippen LogP contribution in [0.5, 0.6) is 0 Å². The van der Waals surface area contributed by atoms with Crippen molar-refractivity contribution in [3.8, 4) is 0 Å². The highest BCUT2D eigenvalue weighted by atomic mass is 16.5.